The van der Waals surface area contributed by atoms with Crippen molar-refractivity contribution in [3.63, 3.8) is 0 Å². The van der Waals surface area contributed by atoms with Crippen molar-refractivity contribution in [3.8, 4) is 34.2 Å². The molecule has 3 atom stereocenters. The van der Waals surface area contributed by atoms with Gasteiger partial charge in [-0.2, -0.15) is 10.4 Å². The third-order valence-corrected chi connectivity index (χ3v) is 6.22. The van der Waals surface area contributed by atoms with Gasteiger partial charge in [-0.3, -0.25) is 4.68 Å². The summed E-state index contributed by atoms with van der Waals surface area (Å²) in [6.07, 6.45) is 4.03. The molecule has 1 aliphatic heterocycles. The molecule has 2 aliphatic rings. The average Bonchev–Trinajstić information content (AvgIpc) is 3.49. The number of hydrogen-bond donors (Lipinski definition) is 1. The highest BCUT2D eigenvalue weighted by molar-refractivity contribution is 5.81. The maximum Gasteiger partial charge on any atom is 0.165 e. The molecule has 1 aromatic heterocycles. The van der Waals surface area contributed by atoms with Crippen molar-refractivity contribution in [3.05, 3.63) is 59.8 Å². The lowest BCUT2D eigenvalue weighted by Gasteiger charge is -2.22. The number of hydrogen-bond acceptors (Lipinski definition) is 4. The molecule has 5 rings (SSSR count). The van der Waals surface area contributed by atoms with Crippen LogP contribution in [0.2, 0.25) is 0 Å². The van der Waals surface area contributed by atoms with E-state index >= 15 is 0 Å². The Kier molecular flexibility index (Phi) is 4.52. The second kappa shape index (κ2) is 7.22. The minimum absolute atomic E-state index is 0.0117. The number of ether oxygens (including phenoxy) is 1. The number of methoxy groups -OCH3 is 1. The summed E-state index contributed by atoms with van der Waals surface area (Å²) in [5, 5.41) is 17.4. The minimum atomic E-state index is -0.585. The second-order valence-electron chi connectivity index (χ2n) is 7.93. The minimum Gasteiger partial charge on any atom is -0.494 e. The number of rotatable bonds is 4. The molecule has 1 N–H and O–H groups in total. The van der Waals surface area contributed by atoms with Crippen molar-refractivity contribution in [2.75, 3.05) is 13.7 Å². The molecule has 5 nitrogen and oxygen atoms in total. The van der Waals surface area contributed by atoms with E-state index in [4.69, 9.17) is 15.1 Å². The normalized spacial score (nSPS) is 22.3. The second-order valence-corrected chi connectivity index (χ2v) is 7.93. The van der Waals surface area contributed by atoms with E-state index in [9.17, 15) is 8.78 Å². The molecule has 0 amide bonds. The van der Waals surface area contributed by atoms with Gasteiger partial charge in [0.25, 0.3) is 0 Å². The van der Waals surface area contributed by atoms with Gasteiger partial charge in [0.1, 0.15) is 17.6 Å². The fraction of sp³-hybridized carbons (Fsp3) is 0.304. The van der Waals surface area contributed by atoms with Crippen LogP contribution in [0.3, 0.4) is 0 Å². The Bertz CT molecular complexity index is 1170. The van der Waals surface area contributed by atoms with E-state index in [0.29, 0.717) is 34.3 Å². The van der Waals surface area contributed by atoms with Gasteiger partial charge in [-0.25, -0.2) is 8.78 Å². The number of aromatic nitrogens is 2. The van der Waals surface area contributed by atoms with Crippen LogP contribution in [0.4, 0.5) is 8.78 Å². The first-order chi connectivity index (χ1) is 14.6. The van der Waals surface area contributed by atoms with Gasteiger partial charge in [0, 0.05) is 29.9 Å². The predicted octanol–water partition coefficient (Wildman–Crippen LogP) is 4.30. The molecule has 2 bridgehead atoms. The molecule has 3 aromatic rings. The topological polar surface area (TPSA) is 62.9 Å². The summed E-state index contributed by atoms with van der Waals surface area (Å²) in [7, 11) is 1.42. The lowest BCUT2D eigenvalue weighted by atomic mass is 10.00. The highest BCUT2D eigenvalue weighted by Gasteiger charge is 2.41. The van der Waals surface area contributed by atoms with Gasteiger partial charge < -0.3 is 10.1 Å². The number of nitrogens with zero attached hydrogens (tertiary/aromatic N) is 3. The molecule has 1 aliphatic carbocycles. The molecule has 0 spiro atoms. The quantitative estimate of drug-likeness (QED) is 0.702. The van der Waals surface area contributed by atoms with Crippen LogP contribution < -0.4 is 10.1 Å². The lowest BCUT2D eigenvalue weighted by Crippen LogP contribution is -2.31. The number of fused-ring (bicyclic) bond motifs is 2. The predicted molar refractivity (Wildman–Crippen MR) is 108 cm³/mol. The van der Waals surface area contributed by atoms with Gasteiger partial charge in [-0.05, 0) is 54.7 Å². The summed E-state index contributed by atoms with van der Waals surface area (Å²) < 4.78 is 35.7. The SMILES string of the molecule is COc1ccc(-c2nn(C3CC4CC3CN4)cc2-c2ccc(C#N)c(F)c2)cc1F. The van der Waals surface area contributed by atoms with Crippen LogP contribution in [-0.4, -0.2) is 29.5 Å². The summed E-state index contributed by atoms with van der Waals surface area (Å²) in [4.78, 5) is 0. The summed E-state index contributed by atoms with van der Waals surface area (Å²) in [6.45, 7) is 0.961. The lowest BCUT2D eigenvalue weighted by molar-refractivity contribution is 0.322. The van der Waals surface area contributed by atoms with Crippen LogP contribution in [0, 0.1) is 28.9 Å². The molecule has 30 heavy (non-hydrogen) atoms. The molecule has 2 heterocycles. The smallest absolute Gasteiger partial charge is 0.165 e. The zero-order chi connectivity index (χ0) is 20.8. The van der Waals surface area contributed by atoms with E-state index in [1.807, 2.05) is 16.9 Å². The fourth-order valence-electron chi connectivity index (χ4n) is 4.70. The zero-order valence-corrected chi connectivity index (χ0v) is 16.4. The number of halogens is 2. The molecule has 1 saturated heterocycles. The maximum atomic E-state index is 14.4. The van der Waals surface area contributed by atoms with E-state index in [2.05, 4.69) is 5.32 Å². The summed E-state index contributed by atoms with van der Waals surface area (Å²) >= 11 is 0. The largest absolute Gasteiger partial charge is 0.494 e. The van der Waals surface area contributed by atoms with E-state index in [0.717, 1.165) is 19.4 Å². The van der Waals surface area contributed by atoms with Crippen molar-refractivity contribution in [1.82, 2.24) is 15.1 Å². The Morgan fingerprint density at radius 1 is 1.13 bits per heavy atom. The molecular weight excluding hydrogens is 386 g/mol. The van der Waals surface area contributed by atoms with Crippen LogP contribution >= 0.6 is 0 Å². The van der Waals surface area contributed by atoms with E-state index in [1.165, 1.54) is 25.3 Å². The Hall–Kier alpha value is -3.24. The van der Waals surface area contributed by atoms with Crippen molar-refractivity contribution in [1.29, 1.82) is 5.26 Å². The van der Waals surface area contributed by atoms with Crippen molar-refractivity contribution in [2.45, 2.75) is 24.9 Å². The number of piperidine rings is 1. The van der Waals surface area contributed by atoms with Crippen LogP contribution in [0.15, 0.2) is 42.6 Å². The van der Waals surface area contributed by atoms with Crippen LogP contribution in [0.5, 0.6) is 5.75 Å². The number of nitriles is 1. The Balaban J connectivity index is 1.63. The van der Waals surface area contributed by atoms with Gasteiger partial charge in [-0.1, -0.05) is 6.07 Å². The van der Waals surface area contributed by atoms with Crippen LogP contribution in [0.1, 0.15) is 24.4 Å². The third kappa shape index (κ3) is 3.04. The number of nitrogens with one attached hydrogen (secondary N) is 1. The van der Waals surface area contributed by atoms with Gasteiger partial charge in [0.15, 0.2) is 11.6 Å². The van der Waals surface area contributed by atoms with E-state index < -0.39 is 11.6 Å². The molecule has 2 fully saturated rings. The van der Waals surface area contributed by atoms with E-state index in [-0.39, 0.29) is 17.4 Å². The van der Waals surface area contributed by atoms with Gasteiger partial charge in [0.05, 0.1) is 18.7 Å². The van der Waals surface area contributed by atoms with Crippen molar-refractivity contribution in [2.24, 2.45) is 5.92 Å². The third-order valence-electron chi connectivity index (χ3n) is 6.22. The zero-order valence-electron chi connectivity index (χ0n) is 16.4. The molecular formula is C23H20F2N4O. The first kappa shape index (κ1) is 18.8. The van der Waals surface area contributed by atoms with Crippen LogP contribution in [0.25, 0.3) is 22.4 Å². The summed E-state index contributed by atoms with van der Waals surface area (Å²) in [5.41, 5.74) is 2.47. The first-order valence-electron chi connectivity index (χ1n) is 9.94. The van der Waals surface area contributed by atoms with Gasteiger partial charge >= 0.3 is 0 Å². The van der Waals surface area contributed by atoms with E-state index in [1.54, 1.807) is 18.2 Å². The highest BCUT2D eigenvalue weighted by Crippen LogP contribution is 2.42. The highest BCUT2D eigenvalue weighted by atomic mass is 19.1. The molecule has 0 radical (unpaired) electrons. The molecule has 2 aromatic carbocycles. The summed E-state index contributed by atoms with van der Waals surface area (Å²) in [5.74, 6) is -0.409. The summed E-state index contributed by atoms with van der Waals surface area (Å²) in [6, 6.07) is 11.8. The van der Waals surface area contributed by atoms with Gasteiger partial charge in [-0.15, -0.1) is 0 Å². The molecule has 7 heteroatoms. The van der Waals surface area contributed by atoms with Crippen LogP contribution in [-0.2, 0) is 0 Å². The maximum absolute atomic E-state index is 14.4. The molecule has 152 valence electrons. The van der Waals surface area contributed by atoms with Crippen molar-refractivity contribution >= 4 is 0 Å². The standard InChI is InChI=1S/C23H20F2N4O/c1-30-22-5-4-14(8-20(22)25)23-18(13-2-3-15(10-26)19(24)7-13)12-29(28-23)21-9-17-6-16(21)11-27-17/h2-5,7-8,12,16-17,21,27H,6,9,11H2,1H3. The van der Waals surface area contributed by atoms with Crippen molar-refractivity contribution < 1.29 is 13.5 Å². The first-order valence-corrected chi connectivity index (χ1v) is 9.94. The monoisotopic (exact) mass is 406 g/mol. The number of benzene rings is 2. The Labute approximate surface area is 172 Å². The molecule has 1 saturated carbocycles. The molecule has 3 unspecified atom stereocenters. The Morgan fingerprint density at radius 3 is 2.57 bits per heavy atom. The average molecular weight is 406 g/mol. The Morgan fingerprint density at radius 2 is 1.93 bits per heavy atom. The van der Waals surface area contributed by atoms with Gasteiger partial charge in [0.2, 0.25) is 0 Å². The fourth-order valence-corrected chi connectivity index (χ4v) is 4.70.